The van der Waals surface area contributed by atoms with E-state index < -0.39 is 5.97 Å². The van der Waals surface area contributed by atoms with E-state index in [1.54, 1.807) is 0 Å². The van der Waals surface area contributed by atoms with Crippen LogP contribution in [0.5, 0.6) is 0 Å². The number of aromatic carboxylic acids is 1. The Balaban J connectivity index is 1.63. The van der Waals surface area contributed by atoms with Crippen LogP contribution in [0.25, 0.3) is 0 Å². The Hall–Kier alpha value is -2.14. The molecule has 1 saturated heterocycles. The minimum absolute atomic E-state index is 0.0421. The summed E-state index contributed by atoms with van der Waals surface area (Å²) in [6.45, 7) is 11.8. The van der Waals surface area contributed by atoms with Gasteiger partial charge in [0.15, 0.2) is 0 Å². The minimum atomic E-state index is -1.01. The lowest BCUT2D eigenvalue weighted by molar-refractivity contribution is -0.124. The van der Waals surface area contributed by atoms with Crippen molar-refractivity contribution in [3.63, 3.8) is 0 Å². The maximum absolute atomic E-state index is 14.2. The van der Waals surface area contributed by atoms with Crippen LogP contribution in [0.2, 0.25) is 0 Å². The number of anilines is 1. The van der Waals surface area contributed by atoms with Gasteiger partial charge in [-0.1, -0.05) is 30.4 Å². The summed E-state index contributed by atoms with van der Waals surface area (Å²) >= 11 is 1.17. The molecule has 0 unspecified atom stereocenters. The number of carboxylic acids is 1. The van der Waals surface area contributed by atoms with Crippen LogP contribution in [0.15, 0.2) is 17.7 Å². The van der Waals surface area contributed by atoms with Crippen molar-refractivity contribution in [1.29, 1.82) is 0 Å². The highest BCUT2D eigenvalue weighted by Crippen LogP contribution is 2.39. The second kappa shape index (κ2) is 11.7. The third kappa shape index (κ3) is 7.04. The van der Waals surface area contributed by atoms with E-state index in [9.17, 15) is 14.7 Å². The first-order valence-electron chi connectivity index (χ1n) is 13.6. The van der Waals surface area contributed by atoms with Crippen LogP contribution in [-0.4, -0.2) is 48.4 Å². The van der Waals surface area contributed by atoms with E-state index in [1.165, 1.54) is 16.9 Å². The number of hydrogen-bond donors (Lipinski definition) is 1. The SMILES string of the molecule is CC1=CC[C@@H](C(=O)N(c2cc(C#CC(C)(C)C)sc2C(=O)O)C2CCC(O[C@@H]3CCOC3)CC2)[C@@H](C)C1. The van der Waals surface area contributed by atoms with Crippen molar-refractivity contribution in [2.45, 2.75) is 97.8 Å². The lowest BCUT2D eigenvalue weighted by atomic mass is 9.79. The fraction of sp³-hybridized carbons (Fsp3) is 0.667. The van der Waals surface area contributed by atoms with Crippen LogP contribution in [-0.2, 0) is 14.3 Å². The summed E-state index contributed by atoms with van der Waals surface area (Å²) in [4.78, 5) is 29.3. The van der Waals surface area contributed by atoms with Gasteiger partial charge in [0.2, 0.25) is 5.91 Å². The summed E-state index contributed by atoms with van der Waals surface area (Å²) in [6.07, 6.45) is 8.31. The molecule has 1 amide bonds. The Bertz CT molecular complexity index is 1070. The molecule has 2 aliphatic carbocycles. The van der Waals surface area contributed by atoms with E-state index in [2.05, 4.69) is 31.8 Å². The predicted molar refractivity (Wildman–Crippen MR) is 147 cm³/mol. The smallest absolute Gasteiger partial charge is 0.348 e. The molecule has 37 heavy (non-hydrogen) atoms. The zero-order chi connectivity index (χ0) is 26.7. The van der Waals surface area contributed by atoms with E-state index in [1.807, 2.05) is 31.7 Å². The lowest BCUT2D eigenvalue weighted by Crippen LogP contribution is -2.48. The molecule has 0 radical (unpaired) electrons. The molecule has 0 bridgehead atoms. The molecule has 2 heterocycles. The van der Waals surface area contributed by atoms with Crippen LogP contribution in [0, 0.1) is 29.1 Å². The van der Waals surface area contributed by atoms with Gasteiger partial charge in [-0.25, -0.2) is 4.79 Å². The lowest BCUT2D eigenvalue weighted by Gasteiger charge is -2.40. The Morgan fingerprint density at radius 1 is 1.16 bits per heavy atom. The summed E-state index contributed by atoms with van der Waals surface area (Å²) in [5.41, 5.74) is 1.62. The number of amides is 1. The van der Waals surface area contributed by atoms with Crippen molar-refractivity contribution < 1.29 is 24.2 Å². The summed E-state index contributed by atoms with van der Waals surface area (Å²) < 4.78 is 11.7. The topological polar surface area (TPSA) is 76.1 Å². The number of carbonyl (C=O) groups is 2. The van der Waals surface area contributed by atoms with Gasteiger partial charge in [0, 0.05) is 24.0 Å². The van der Waals surface area contributed by atoms with E-state index in [0.717, 1.165) is 45.1 Å². The maximum Gasteiger partial charge on any atom is 0.348 e. The molecule has 1 aliphatic heterocycles. The molecule has 202 valence electrons. The van der Waals surface area contributed by atoms with Gasteiger partial charge < -0.3 is 19.5 Å². The van der Waals surface area contributed by atoms with Crippen molar-refractivity contribution in [1.82, 2.24) is 0 Å². The fourth-order valence-corrected chi connectivity index (χ4v) is 6.51. The van der Waals surface area contributed by atoms with Crippen LogP contribution in [0.4, 0.5) is 5.69 Å². The van der Waals surface area contributed by atoms with E-state index >= 15 is 0 Å². The van der Waals surface area contributed by atoms with Crippen molar-refractivity contribution >= 4 is 28.9 Å². The first-order chi connectivity index (χ1) is 17.5. The Labute approximate surface area is 225 Å². The zero-order valence-corrected chi connectivity index (χ0v) is 23.7. The van der Waals surface area contributed by atoms with Crippen LogP contribution in [0.3, 0.4) is 0 Å². The quantitative estimate of drug-likeness (QED) is 0.348. The molecule has 3 aliphatic rings. The van der Waals surface area contributed by atoms with E-state index in [-0.39, 0.29) is 46.3 Å². The number of ether oxygens (including phenoxy) is 2. The molecule has 1 aromatic rings. The van der Waals surface area contributed by atoms with Crippen molar-refractivity contribution in [3.05, 3.63) is 27.5 Å². The summed E-state index contributed by atoms with van der Waals surface area (Å²) in [7, 11) is 0. The van der Waals surface area contributed by atoms with Gasteiger partial charge in [0.1, 0.15) is 4.88 Å². The molecule has 7 heteroatoms. The average molecular weight is 528 g/mol. The molecule has 4 rings (SSSR count). The molecular weight excluding hydrogens is 486 g/mol. The predicted octanol–water partition coefficient (Wildman–Crippen LogP) is 6.29. The van der Waals surface area contributed by atoms with Gasteiger partial charge in [0.25, 0.3) is 0 Å². The van der Waals surface area contributed by atoms with Crippen molar-refractivity contribution in [3.8, 4) is 11.8 Å². The first-order valence-corrected chi connectivity index (χ1v) is 14.5. The second-order valence-electron chi connectivity index (χ2n) is 12.0. The van der Waals surface area contributed by atoms with Crippen molar-refractivity contribution in [2.75, 3.05) is 18.1 Å². The standard InChI is InChI=1S/C30H41NO5S/c1-19-6-11-25(20(2)16-19)28(32)31(21-7-9-22(10-8-21)36-23-13-15-35-18-23)26-17-24(12-14-30(3,4)5)37-27(26)29(33)34/h6,17,20-23,25H,7-11,13,15-16,18H2,1-5H3,(H,33,34)/t20-,21?,22?,23+,25+/m0/s1. The second-order valence-corrected chi connectivity index (χ2v) is 13.0. The molecule has 6 nitrogen and oxygen atoms in total. The Morgan fingerprint density at radius 3 is 2.49 bits per heavy atom. The number of nitrogens with zero attached hydrogens (tertiary/aromatic N) is 1. The molecule has 0 spiro atoms. The maximum atomic E-state index is 14.2. The largest absolute Gasteiger partial charge is 0.477 e. The van der Waals surface area contributed by atoms with Crippen molar-refractivity contribution in [2.24, 2.45) is 17.3 Å². The van der Waals surface area contributed by atoms with Crippen LogP contribution >= 0.6 is 11.3 Å². The summed E-state index contributed by atoms with van der Waals surface area (Å²) in [5, 5.41) is 10.1. The molecule has 2 fully saturated rings. The van der Waals surface area contributed by atoms with Gasteiger partial charge in [-0.15, -0.1) is 11.3 Å². The van der Waals surface area contributed by atoms with Gasteiger partial charge in [-0.2, -0.15) is 0 Å². The van der Waals surface area contributed by atoms with Crippen LogP contribution < -0.4 is 4.90 Å². The van der Waals surface area contributed by atoms with Gasteiger partial charge in [-0.3, -0.25) is 4.79 Å². The fourth-order valence-electron chi connectivity index (χ4n) is 5.67. The molecule has 1 N–H and O–H groups in total. The van der Waals surface area contributed by atoms with Gasteiger partial charge in [0.05, 0.1) is 29.4 Å². The van der Waals surface area contributed by atoms with Gasteiger partial charge >= 0.3 is 5.97 Å². The number of carboxylic acid groups (broad SMARTS) is 1. The first kappa shape index (κ1) is 27.9. The molecular formula is C30H41NO5S. The third-order valence-electron chi connectivity index (χ3n) is 7.61. The number of thiophene rings is 1. The Morgan fingerprint density at radius 2 is 1.89 bits per heavy atom. The summed E-state index contributed by atoms with van der Waals surface area (Å²) in [5.74, 6) is 5.47. The molecule has 1 saturated carbocycles. The molecule has 3 atom stereocenters. The Kier molecular flexibility index (Phi) is 8.83. The van der Waals surface area contributed by atoms with E-state index in [0.29, 0.717) is 23.6 Å². The number of hydrogen-bond acceptors (Lipinski definition) is 5. The van der Waals surface area contributed by atoms with Crippen LogP contribution in [0.1, 0.15) is 94.1 Å². The number of allylic oxidation sites excluding steroid dienone is 2. The average Bonchev–Trinajstić information content (AvgIpc) is 3.49. The highest BCUT2D eigenvalue weighted by molar-refractivity contribution is 7.15. The normalized spacial score (nSPS) is 28.2. The van der Waals surface area contributed by atoms with E-state index in [4.69, 9.17) is 9.47 Å². The monoisotopic (exact) mass is 527 g/mol. The number of carbonyl (C=O) groups excluding carboxylic acids is 1. The highest BCUT2D eigenvalue weighted by atomic mass is 32.1. The minimum Gasteiger partial charge on any atom is -0.477 e. The highest BCUT2D eigenvalue weighted by Gasteiger charge is 2.39. The molecule has 0 aromatic carbocycles. The molecule has 1 aromatic heterocycles. The van der Waals surface area contributed by atoms with Gasteiger partial charge in [-0.05, 0) is 84.6 Å². The third-order valence-corrected chi connectivity index (χ3v) is 8.64. The summed E-state index contributed by atoms with van der Waals surface area (Å²) in [6, 6.07) is 1.78. The number of rotatable bonds is 6. The zero-order valence-electron chi connectivity index (χ0n) is 22.8.